The summed E-state index contributed by atoms with van der Waals surface area (Å²) in [5.41, 5.74) is 3.08. The smallest absolute Gasteiger partial charge is 0.244 e. The number of nitrogens with zero attached hydrogens (tertiary/aromatic N) is 2. The van der Waals surface area contributed by atoms with Crippen molar-refractivity contribution in [1.82, 2.24) is 0 Å². The molecule has 0 radical (unpaired) electrons. The highest BCUT2D eigenvalue weighted by Crippen LogP contribution is 2.37. The first-order valence-corrected chi connectivity index (χ1v) is 9.45. The van der Waals surface area contributed by atoms with Crippen molar-refractivity contribution < 1.29 is 9.59 Å². The molecule has 6 heteroatoms. The van der Waals surface area contributed by atoms with Gasteiger partial charge >= 0.3 is 0 Å². The Morgan fingerprint density at radius 3 is 2.81 bits per heavy atom. The van der Waals surface area contributed by atoms with Crippen molar-refractivity contribution in [2.45, 2.75) is 19.3 Å². The van der Waals surface area contributed by atoms with Gasteiger partial charge < -0.3 is 10.2 Å². The van der Waals surface area contributed by atoms with Gasteiger partial charge in [-0.2, -0.15) is 0 Å². The molecule has 132 valence electrons. The Morgan fingerprint density at radius 2 is 1.96 bits per heavy atom. The van der Waals surface area contributed by atoms with E-state index in [2.05, 4.69) is 21.2 Å². The maximum atomic E-state index is 13.1. The van der Waals surface area contributed by atoms with Gasteiger partial charge in [-0.1, -0.05) is 24.3 Å². The Morgan fingerprint density at radius 1 is 1.19 bits per heavy atom. The van der Waals surface area contributed by atoms with Gasteiger partial charge in [0.2, 0.25) is 11.8 Å². The summed E-state index contributed by atoms with van der Waals surface area (Å²) < 4.78 is 0.803. The van der Waals surface area contributed by atoms with E-state index in [1.54, 1.807) is 4.90 Å². The fourth-order valence-electron chi connectivity index (χ4n) is 3.54. The van der Waals surface area contributed by atoms with Crippen molar-refractivity contribution in [2.75, 3.05) is 16.8 Å². The zero-order chi connectivity index (χ0) is 18.1. The molecule has 0 saturated heterocycles. The monoisotopic (exact) mass is 411 g/mol. The third-order valence-electron chi connectivity index (χ3n) is 4.78. The summed E-state index contributed by atoms with van der Waals surface area (Å²) >= 11 is 3.42. The summed E-state index contributed by atoms with van der Waals surface area (Å²) in [6.45, 7) is -0.0313. The number of anilines is 2. The van der Waals surface area contributed by atoms with Crippen LogP contribution in [-0.2, 0) is 9.59 Å². The molecule has 0 bridgehead atoms. The minimum atomic E-state index is -0.235. The molecule has 2 amide bonds. The molecule has 1 heterocycles. The van der Waals surface area contributed by atoms with Crippen LogP contribution in [-0.4, -0.2) is 24.1 Å². The largest absolute Gasteiger partial charge is 0.324 e. The highest BCUT2D eigenvalue weighted by atomic mass is 79.9. The molecule has 26 heavy (non-hydrogen) atoms. The van der Waals surface area contributed by atoms with Crippen LogP contribution in [0.4, 0.5) is 17.1 Å². The van der Waals surface area contributed by atoms with Gasteiger partial charge in [0.1, 0.15) is 6.54 Å². The number of aliphatic imine (C=N–C) groups is 1. The highest BCUT2D eigenvalue weighted by Gasteiger charge is 2.37. The average Bonchev–Trinajstić information content (AvgIpc) is 3.06. The van der Waals surface area contributed by atoms with E-state index >= 15 is 0 Å². The van der Waals surface area contributed by atoms with Crippen LogP contribution in [0.2, 0.25) is 0 Å². The van der Waals surface area contributed by atoms with Gasteiger partial charge in [-0.05, 0) is 59.5 Å². The lowest BCUT2D eigenvalue weighted by Crippen LogP contribution is -2.41. The van der Waals surface area contributed by atoms with Gasteiger partial charge in [0.25, 0.3) is 0 Å². The van der Waals surface area contributed by atoms with Crippen molar-refractivity contribution in [3.8, 4) is 0 Å². The standard InChI is InChI=1S/C20H18BrN3O2/c21-14-7-1-2-8-16(14)23-19(25)12-24-18-11-4-3-9-17(18)22-15-10-5-6-13(15)20(24)26/h1-4,7-9,11,13H,5-6,10,12H2,(H,23,25). The molecule has 0 spiro atoms. The topological polar surface area (TPSA) is 61.8 Å². The number of benzene rings is 2. The van der Waals surface area contributed by atoms with E-state index in [4.69, 9.17) is 4.99 Å². The van der Waals surface area contributed by atoms with Crippen LogP contribution < -0.4 is 10.2 Å². The van der Waals surface area contributed by atoms with E-state index in [0.29, 0.717) is 11.4 Å². The number of carbonyl (C=O) groups excluding carboxylic acids is 2. The fraction of sp³-hybridized carbons (Fsp3) is 0.250. The molecule has 1 N–H and O–H groups in total. The lowest BCUT2D eigenvalue weighted by molar-refractivity contribution is -0.122. The molecule has 1 atom stereocenters. The maximum Gasteiger partial charge on any atom is 0.244 e. The summed E-state index contributed by atoms with van der Waals surface area (Å²) in [5.74, 6) is -0.478. The molecule has 1 unspecified atom stereocenters. The Hall–Kier alpha value is -2.47. The second-order valence-corrected chi connectivity index (χ2v) is 7.34. The zero-order valence-electron chi connectivity index (χ0n) is 14.1. The Bertz CT molecular complexity index is 909. The Balaban J connectivity index is 1.62. The van der Waals surface area contributed by atoms with E-state index < -0.39 is 0 Å². The van der Waals surface area contributed by atoms with Gasteiger partial charge in [0.15, 0.2) is 0 Å². The Kier molecular flexibility index (Phi) is 4.59. The van der Waals surface area contributed by atoms with E-state index in [1.165, 1.54) is 0 Å². The number of para-hydroxylation sites is 3. The molecule has 1 fully saturated rings. The first-order valence-electron chi connectivity index (χ1n) is 8.66. The predicted molar refractivity (Wildman–Crippen MR) is 106 cm³/mol. The van der Waals surface area contributed by atoms with Crippen LogP contribution in [0, 0.1) is 5.92 Å². The number of halogens is 1. The third kappa shape index (κ3) is 3.17. The van der Waals surface area contributed by atoms with Crippen LogP contribution in [0.25, 0.3) is 0 Å². The predicted octanol–water partition coefficient (Wildman–Crippen LogP) is 4.31. The summed E-state index contributed by atoms with van der Waals surface area (Å²) in [5, 5.41) is 2.87. The molecule has 2 aromatic rings. The lowest BCUT2D eigenvalue weighted by atomic mass is 10.1. The molecule has 2 aromatic carbocycles. The molecule has 1 aliphatic heterocycles. The fourth-order valence-corrected chi connectivity index (χ4v) is 3.92. The van der Waals surface area contributed by atoms with Crippen LogP contribution in [0.1, 0.15) is 19.3 Å². The molecular weight excluding hydrogens is 394 g/mol. The molecule has 2 aliphatic rings. The van der Waals surface area contributed by atoms with Crippen LogP contribution >= 0.6 is 15.9 Å². The Labute approximate surface area is 160 Å². The van der Waals surface area contributed by atoms with Crippen molar-refractivity contribution in [2.24, 2.45) is 10.9 Å². The van der Waals surface area contributed by atoms with E-state index in [9.17, 15) is 9.59 Å². The van der Waals surface area contributed by atoms with Gasteiger partial charge in [0.05, 0.1) is 23.0 Å². The zero-order valence-corrected chi connectivity index (χ0v) is 15.7. The van der Waals surface area contributed by atoms with Crippen molar-refractivity contribution >= 4 is 50.5 Å². The average molecular weight is 412 g/mol. The molecule has 5 nitrogen and oxygen atoms in total. The minimum Gasteiger partial charge on any atom is -0.324 e. The third-order valence-corrected chi connectivity index (χ3v) is 5.47. The van der Waals surface area contributed by atoms with Crippen LogP contribution in [0.15, 0.2) is 58.0 Å². The van der Waals surface area contributed by atoms with Crippen molar-refractivity contribution in [3.63, 3.8) is 0 Å². The van der Waals surface area contributed by atoms with Gasteiger partial charge in [-0.15, -0.1) is 0 Å². The molecule has 4 rings (SSSR count). The quantitative estimate of drug-likeness (QED) is 0.817. The highest BCUT2D eigenvalue weighted by molar-refractivity contribution is 9.10. The number of hydrogen-bond acceptors (Lipinski definition) is 3. The van der Waals surface area contributed by atoms with Crippen molar-refractivity contribution in [3.05, 3.63) is 53.0 Å². The number of hydrogen-bond donors (Lipinski definition) is 1. The lowest BCUT2D eigenvalue weighted by Gasteiger charge is -2.24. The molecule has 0 aromatic heterocycles. The van der Waals surface area contributed by atoms with Gasteiger partial charge in [-0.25, -0.2) is 0 Å². The molecular formula is C20H18BrN3O2. The number of nitrogens with one attached hydrogen (secondary N) is 1. The number of fused-ring (bicyclic) bond motifs is 2. The van der Waals surface area contributed by atoms with E-state index in [-0.39, 0.29) is 24.3 Å². The van der Waals surface area contributed by atoms with Gasteiger partial charge in [-0.3, -0.25) is 14.6 Å². The first kappa shape index (κ1) is 17.0. The molecule has 1 aliphatic carbocycles. The number of carbonyl (C=O) groups is 2. The SMILES string of the molecule is O=C(CN1C(=O)C2CCCC2=Nc2ccccc21)Nc1ccccc1Br. The summed E-state index contributed by atoms with van der Waals surface area (Å²) in [7, 11) is 0. The number of rotatable bonds is 3. The maximum absolute atomic E-state index is 13.1. The second-order valence-electron chi connectivity index (χ2n) is 6.49. The summed E-state index contributed by atoms with van der Waals surface area (Å²) in [4.78, 5) is 32.0. The van der Waals surface area contributed by atoms with Crippen molar-refractivity contribution in [1.29, 1.82) is 0 Å². The van der Waals surface area contributed by atoms with Crippen LogP contribution in [0.3, 0.4) is 0 Å². The number of amides is 2. The molecule has 1 saturated carbocycles. The normalized spacial score (nSPS) is 18.7. The van der Waals surface area contributed by atoms with E-state index in [1.807, 2.05) is 48.5 Å². The van der Waals surface area contributed by atoms with Crippen LogP contribution in [0.5, 0.6) is 0 Å². The van der Waals surface area contributed by atoms with Gasteiger partial charge in [0, 0.05) is 10.2 Å². The summed E-state index contributed by atoms with van der Waals surface area (Å²) in [6, 6.07) is 14.9. The first-order chi connectivity index (χ1) is 12.6. The summed E-state index contributed by atoms with van der Waals surface area (Å²) in [6.07, 6.45) is 2.62. The van der Waals surface area contributed by atoms with E-state index in [0.717, 1.165) is 35.1 Å². The minimum absolute atomic E-state index is 0.0313. The second kappa shape index (κ2) is 7.03.